The second kappa shape index (κ2) is 12.2. The second-order valence-corrected chi connectivity index (χ2v) is 12.0. The lowest BCUT2D eigenvalue weighted by molar-refractivity contribution is -0.111. The number of hydrogen-bond donors (Lipinski definition) is 2. The molecule has 1 spiro atoms. The first kappa shape index (κ1) is 30.6. The minimum atomic E-state index is -0.568. The molecule has 222 valence electrons. The number of carbonyl (C=O) groups excluding carboxylic acids is 2. The van der Waals surface area contributed by atoms with Crippen molar-refractivity contribution in [3.8, 4) is 17.1 Å². The van der Waals surface area contributed by atoms with Crippen LogP contribution >= 0.6 is 11.6 Å². The molecule has 0 radical (unpaired) electrons. The molecule has 1 aromatic heterocycles. The molecule has 4 rings (SSSR count). The highest BCUT2D eigenvalue weighted by Gasteiger charge is 2.50. The van der Waals surface area contributed by atoms with Gasteiger partial charge in [0.1, 0.15) is 18.2 Å². The first-order chi connectivity index (χ1) is 19.4. The molecule has 1 atom stereocenters. The predicted molar refractivity (Wildman–Crippen MR) is 161 cm³/mol. The van der Waals surface area contributed by atoms with Crippen LogP contribution in [0.4, 0.5) is 10.6 Å². The summed E-state index contributed by atoms with van der Waals surface area (Å²) in [6.07, 6.45) is 1.85. The lowest BCUT2D eigenvalue weighted by atomic mass is 9.79. The monoisotopic (exact) mass is 584 g/mol. The van der Waals surface area contributed by atoms with Crippen LogP contribution < -0.4 is 15.4 Å². The summed E-state index contributed by atoms with van der Waals surface area (Å²) in [5.41, 5.74) is 8.67. The molecule has 41 heavy (non-hydrogen) atoms. The summed E-state index contributed by atoms with van der Waals surface area (Å²) in [4.78, 5) is 40.7. The molecular weight excluding hydrogens is 544 g/mol. The van der Waals surface area contributed by atoms with E-state index in [0.717, 1.165) is 38.0 Å². The fourth-order valence-electron chi connectivity index (χ4n) is 5.73. The number of hydrogen-bond acceptors (Lipinski definition) is 8. The van der Waals surface area contributed by atoms with Gasteiger partial charge >= 0.3 is 6.03 Å². The van der Waals surface area contributed by atoms with E-state index in [-0.39, 0.29) is 23.8 Å². The fourth-order valence-corrected chi connectivity index (χ4v) is 5.94. The fraction of sp³-hybridized carbons (Fsp3) is 0.533. The zero-order valence-corrected chi connectivity index (χ0v) is 25.6. The number of aromatic nitrogens is 2. The van der Waals surface area contributed by atoms with Gasteiger partial charge in [0, 0.05) is 62.5 Å². The number of ketones is 1. The molecule has 0 aliphatic carbocycles. The molecule has 2 aliphatic heterocycles. The summed E-state index contributed by atoms with van der Waals surface area (Å²) < 4.78 is 5.84. The summed E-state index contributed by atoms with van der Waals surface area (Å²) in [6.45, 7) is 10.1. The van der Waals surface area contributed by atoms with Gasteiger partial charge in [-0.25, -0.2) is 14.8 Å². The van der Waals surface area contributed by atoms with E-state index < -0.39 is 6.10 Å². The molecule has 2 fully saturated rings. The zero-order chi connectivity index (χ0) is 30.1. The smallest absolute Gasteiger partial charge is 0.319 e. The number of aliphatic hydroxyl groups is 1. The minimum Gasteiger partial charge on any atom is -0.491 e. The van der Waals surface area contributed by atoms with Gasteiger partial charge in [-0.15, -0.1) is 0 Å². The van der Waals surface area contributed by atoms with E-state index in [1.54, 1.807) is 44.1 Å². The summed E-state index contributed by atoms with van der Waals surface area (Å²) >= 11 is 6.65. The Morgan fingerprint density at radius 1 is 1.22 bits per heavy atom. The third kappa shape index (κ3) is 6.43. The van der Waals surface area contributed by atoms with Gasteiger partial charge in [0.15, 0.2) is 11.6 Å². The highest BCUT2D eigenvalue weighted by molar-refractivity contribution is 6.33. The van der Waals surface area contributed by atoms with E-state index in [2.05, 4.69) is 4.90 Å². The van der Waals surface area contributed by atoms with Crippen LogP contribution in [0.2, 0.25) is 5.02 Å². The molecule has 2 aromatic rings. The molecule has 3 N–H and O–H groups in total. The van der Waals surface area contributed by atoms with E-state index in [4.69, 9.17) is 32.0 Å². The van der Waals surface area contributed by atoms with E-state index in [1.807, 2.05) is 18.7 Å². The number of benzene rings is 1. The highest BCUT2D eigenvalue weighted by Crippen LogP contribution is 2.44. The molecule has 2 saturated heterocycles. The first-order valence-corrected chi connectivity index (χ1v) is 14.4. The molecule has 3 heterocycles. The van der Waals surface area contributed by atoms with Gasteiger partial charge < -0.3 is 30.3 Å². The maximum absolute atomic E-state index is 12.7. The first-order valence-electron chi connectivity index (χ1n) is 14.0. The number of anilines is 1. The van der Waals surface area contributed by atoms with Crippen molar-refractivity contribution in [2.45, 2.75) is 53.1 Å². The lowest BCUT2D eigenvalue weighted by Crippen LogP contribution is -2.58. The Kier molecular flexibility index (Phi) is 9.13. The van der Waals surface area contributed by atoms with Crippen LogP contribution in [0.3, 0.4) is 0 Å². The summed E-state index contributed by atoms with van der Waals surface area (Å²) in [6, 6.07) is 5.23. The van der Waals surface area contributed by atoms with Crippen molar-refractivity contribution in [2.24, 2.45) is 11.1 Å². The average Bonchev–Trinajstić information content (AvgIpc) is 3.34. The average molecular weight is 585 g/mol. The molecule has 11 heteroatoms. The predicted octanol–water partition coefficient (Wildman–Crippen LogP) is 4.12. The van der Waals surface area contributed by atoms with Crippen LogP contribution in [0.1, 0.15) is 51.3 Å². The number of Topliss-reactive ketones (excluding diaryl/α,β-unsaturated/α-hetero) is 1. The van der Waals surface area contributed by atoms with Crippen molar-refractivity contribution in [3.63, 3.8) is 0 Å². The maximum atomic E-state index is 12.7. The van der Waals surface area contributed by atoms with Crippen LogP contribution in [0.15, 0.2) is 23.9 Å². The third-order valence-electron chi connectivity index (χ3n) is 7.79. The minimum absolute atomic E-state index is 0.00284. The van der Waals surface area contributed by atoms with Crippen molar-refractivity contribution in [2.75, 3.05) is 51.8 Å². The van der Waals surface area contributed by atoms with Crippen molar-refractivity contribution in [1.82, 2.24) is 19.8 Å². The maximum Gasteiger partial charge on any atom is 0.319 e. The Bertz CT molecular complexity index is 1350. The number of nitrogens with zero attached hydrogens (tertiary/aromatic N) is 5. The van der Waals surface area contributed by atoms with Gasteiger partial charge in [-0.2, -0.15) is 0 Å². The number of rotatable bonds is 9. The largest absolute Gasteiger partial charge is 0.491 e. The number of carbonyl (C=O) groups is 2. The SMILES string of the molecule is CCC[C@@H](O)COc1ccc(Cl)c(-c2nc(C(C(C)=O)=C(C)N)c(C)c(N3CC4(CCN(C(=O)N(C)C)C4)C3)n2)c1. The van der Waals surface area contributed by atoms with Crippen molar-refractivity contribution in [3.05, 3.63) is 40.2 Å². The second-order valence-electron chi connectivity index (χ2n) is 11.6. The topological polar surface area (TPSA) is 125 Å². The Hall–Kier alpha value is -3.37. The van der Waals surface area contributed by atoms with E-state index in [0.29, 0.717) is 57.9 Å². The number of aliphatic hydroxyl groups excluding tert-OH is 1. The quantitative estimate of drug-likeness (QED) is 0.422. The molecule has 2 aliphatic rings. The van der Waals surface area contributed by atoms with Crippen molar-refractivity contribution >= 4 is 34.8 Å². The van der Waals surface area contributed by atoms with Crippen molar-refractivity contribution < 1.29 is 19.4 Å². The Labute approximate surface area is 247 Å². The van der Waals surface area contributed by atoms with Gasteiger partial charge in [-0.3, -0.25) is 4.79 Å². The molecule has 0 saturated carbocycles. The van der Waals surface area contributed by atoms with Gasteiger partial charge in [0.2, 0.25) is 0 Å². The zero-order valence-electron chi connectivity index (χ0n) is 24.8. The number of allylic oxidation sites excluding steroid dienone is 2. The molecular formula is C30H41ClN6O4. The van der Waals surface area contributed by atoms with Gasteiger partial charge in [0.05, 0.1) is 22.4 Å². The number of urea groups is 1. The van der Waals surface area contributed by atoms with Crippen LogP contribution in [0.25, 0.3) is 17.0 Å². The third-order valence-corrected chi connectivity index (χ3v) is 8.12. The normalized spacial score (nSPS) is 17.3. The lowest BCUT2D eigenvalue weighted by Gasteiger charge is -2.49. The standard InChI is InChI=1S/C30H41ClN6O4/c1-7-8-21(39)14-41-22-9-10-24(31)23(13-22)27-33-26(25(19(3)32)20(4)38)18(2)28(34-27)37-16-30(17-37)11-12-36(15-30)29(40)35(5)6/h9-10,13,21,39H,7-8,11-12,14-17,32H2,1-6H3/t21-/m1/s1. The van der Waals surface area contributed by atoms with Crippen molar-refractivity contribution in [1.29, 1.82) is 0 Å². The van der Waals surface area contributed by atoms with Crippen LogP contribution in [0.5, 0.6) is 5.75 Å². The van der Waals surface area contributed by atoms with Gasteiger partial charge in [-0.05, 0) is 51.8 Å². The molecule has 0 unspecified atom stereocenters. The van der Waals surface area contributed by atoms with Crippen LogP contribution in [-0.2, 0) is 4.79 Å². The van der Waals surface area contributed by atoms with E-state index >= 15 is 0 Å². The van der Waals surface area contributed by atoms with E-state index in [9.17, 15) is 14.7 Å². The number of nitrogens with two attached hydrogens (primary N) is 1. The van der Waals surface area contributed by atoms with Crippen LogP contribution in [-0.4, -0.2) is 89.7 Å². The molecule has 0 bridgehead atoms. The number of ether oxygens (including phenoxy) is 1. The number of halogens is 1. The van der Waals surface area contributed by atoms with E-state index in [1.165, 1.54) is 6.92 Å². The Morgan fingerprint density at radius 2 is 1.93 bits per heavy atom. The molecule has 1 aromatic carbocycles. The number of amides is 2. The summed E-state index contributed by atoms with van der Waals surface area (Å²) in [5.74, 6) is 1.39. The molecule has 2 amide bonds. The van der Waals surface area contributed by atoms with Gasteiger partial charge in [0.25, 0.3) is 0 Å². The Morgan fingerprint density at radius 3 is 2.54 bits per heavy atom. The Balaban J connectivity index is 1.71. The number of likely N-dealkylation sites (tertiary alicyclic amines) is 1. The van der Waals surface area contributed by atoms with Crippen LogP contribution in [0, 0.1) is 12.3 Å². The molecule has 10 nitrogen and oxygen atoms in total. The highest BCUT2D eigenvalue weighted by atomic mass is 35.5. The summed E-state index contributed by atoms with van der Waals surface area (Å²) in [7, 11) is 3.54. The summed E-state index contributed by atoms with van der Waals surface area (Å²) in [5, 5.41) is 10.6. The van der Waals surface area contributed by atoms with Gasteiger partial charge in [-0.1, -0.05) is 24.9 Å².